The normalized spacial score (nSPS) is 10.3. The number of benzene rings is 2. The van der Waals surface area contributed by atoms with Crippen molar-refractivity contribution in [2.45, 2.75) is 0 Å². The van der Waals surface area contributed by atoms with Crippen molar-refractivity contribution in [2.24, 2.45) is 5.11 Å². The number of methoxy groups -OCH3 is 2. The van der Waals surface area contributed by atoms with Gasteiger partial charge in [0.1, 0.15) is 11.3 Å². The van der Waals surface area contributed by atoms with Gasteiger partial charge >= 0.3 is 0 Å². The third kappa shape index (κ3) is 2.75. The van der Waals surface area contributed by atoms with E-state index in [4.69, 9.17) is 15.0 Å². The Hall–Kier alpha value is -2.76. The number of pyridine rings is 1. The number of hydrogen-bond acceptors (Lipinski definition) is 4. The number of rotatable bonds is 4. The molecule has 0 N–H and O–H groups in total. The van der Waals surface area contributed by atoms with E-state index < -0.39 is 0 Å². The summed E-state index contributed by atoms with van der Waals surface area (Å²) in [6, 6.07) is 11.1. The maximum absolute atomic E-state index is 8.85. The van der Waals surface area contributed by atoms with E-state index in [2.05, 4.69) is 30.9 Å². The summed E-state index contributed by atoms with van der Waals surface area (Å²) >= 11 is 3.53. The topological polar surface area (TPSA) is 80.1 Å². The summed E-state index contributed by atoms with van der Waals surface area (Å²) in [6.45, 7) is 0. The van der Waals surface area contributed by atoms with Crippen LogP contribution in [0.1, 0.15) is 0 Å². The van der Waals surface area contributed by atoms with E-state index in [0.29, 0.717) is 17.2 Å². The largest absolute Gasteiger partial charge is 0.497 e. The molecule has 0 radical (unpaired) electrons. The summed E-state index contributed by atoms with van der Waals surface area (Å²) in [7, 11) is 3.20. The van der Waals surface area contributed by atoms with Gasteiger partial charge in [-0.25, -0.2) is 0 Å². The number of nitrogens with zero attached hydrogens (tertiary/aromatic N) is 4. The molecule has 6 nitrogen and oxygen atoms in total. The highest BCUT2D eigenvalue weighted by Crippen LogP contribution is 2.43. The Kier molecular flexibility index (Phi) is 4.55. The molecular formula is C17H13BrN4O2. The molecule has 3 aromatic rings. The third-order valence-corrected chi connectivity index (χ3v) is 4.24. The van der Waals surface area contributed by atoms with Crippen molar-refractivity contribution in [3.05, 3.63) is 57.5 Å². The molecule has 0 spiro atoms. The summed E-state index contributed by atoms with van der Waals surface area (Å²) < 4.78 is 11.5. The standard InChI is InChI=1S/C17H13BrN4O2/c1-23-10-5-6-15(21-22-19)13(8-10)12-9-14(18)17(24-2)16-11(12)4-3-7-20-16/h3-9H,1-2H3. The van der Waals surface area contributed by atoms with Gasteiger partial charge in [-0.1, -0.05) is 11.2 Å². The molecule has 0 fully saturated rings. The summed E-state index contributed by atoms with van der Waals surface area (Å²) in [5.41, 5.74) is 11.7. The summed E-state index contributed by atoms with van der Waals surface area (Å²) in [5, 5.41) is 4.68. The fourth-order valence-corrected chi connectivity index (χ4v) is 3.18. The van der Waals surface area contributed by atoms with E-state index >= 15 is 0 Å². The van der Waals surface area contributed by atoms with Crippen molar-refractivity contribution in [2.75, 3.05) is 14.2 Å². The van der Waals surface area contributed by atoms with Crippen molar-refractivity contribution < 1.29 is 9.47 Å². The third-order valence-electron chi connectivity index (χ3n) is 3.65. The molecule has 0 atom stereocenters. The van der Waals surface area contributed by atoms with Crippen LogP contribution in [-0.4, -0.2) is 19.2 Å². The van der Waals surface area contributed by atoms with E-state index in [1.165, 1.54) is 0 Å². The molecule has 0 bridgehead atoms. The Morgan fingerprint density at radius 3 is 2.67 bits per heavy atom. The summed E-state index contributed by atoms with van der Waals surface area (Å²) in [6.07, 6.45) is 1.71. The van der Waals surface area contributed by atoms with Crippen molar-refractivity contribution >= 4 is 32.5 Å². The first-order valence-corrected chi connectivity index (χ1v) is 7.83. The number of ether oxygens (including phenoxy) is 2. The van der Waals surface area contributed by atoms with E-state index in [-0.39, 0.29) is 0 Å². The van der Waals surface area contributed by atoms with Gasteiger partial charge in [-0.15, -0.1) is 0 Å². The molecule has 0 aliphatic carbocycles. The molecule has 24 heavy (non-hydrogen) atoms. The van der Waals surface area contributed by atoms with Gasteiger partial charge in [-0.2, -0.15) is 0 Å². The fraction of sp³-hybridized carbons (Fsp3) is 0.118. The van der Waals surface area contributed by atoms with Gasteiger partial charge in [-0.3, -0.25) is 4.98 Å². The lowest BCUT2D eigenvalue weighted by Crippen LogP contribution is -1.92. The molecule has 3 rings (SSSR count). The Balaban J connectivity index is 2.40. The molecule has 0 aliphatic rings. The molecule has 0 unspecified atom stereocenters. The average Bonchev–Trinajstić information content (AvgIpc) is 2.62. The van der Waals surface area contributed by atoms with Crippen LogP contribution in [0.25, 0.3) is 32.5 Å². The highest BCUT2D eigenvalue weighted by molar-refractivity contribution is 9.10. The van der Waals surface area contributed by atoms with Gasteiger partial charge in [0.05, 0.1) is 18.7 Å². The zero-order valence-electron chi connectivity index (χ0n) is 13.0. The smallest absolute Gasteiger partial charge is 0.159 e. The Morgan fingerprint density at radius 2 is 1.96 bits per heavy atom. The Labute approximate surface area is 146 Å². The first kappa shape index (κ1) is 16.1. The maximum Gasteiger partial charge on any atom is 0.159 e. The highest BCUT2D eigenvalue weighted by atomic mass is 79.9. The van der Waals surface area contributed by atoms with Gasteiger partial charge < -0.3 is 9.47 Å². The van der Waals surface area contributed by atoms with Crippen LogP contribution in [-0.2, 0) is 0 Å². The van der Waals surface area contributed by atoms with E-state index in [1.54, 1.807) is 32.5 Å². The van der Waals surface area contributed by atoms with E-state index in [1.807, 2.05) is 24.3 Å². The molecule has 0 aliphatic heterocycles. The van der Waals surface area contributed by atoms with Gasteiger partial charge in [0, 0.05) is 22.2 Å². The number of fused-ring (bicyclic) bond motifs is 1. The van der Waals surface area contributed by atoms with Crippen LogP contribution >= 0.6 is 15.9 Å². The van der Waals surface area contributed by atoms with Gasteiger partial charge in [0.25, 0.3) is 0 Å². The maximum atomic E-state index is 8.85. The van der Waals surface area contributed by atoms with Crippen molar-refractivity contribution in [3.8, 4) is 22.6 Å². The first-order valence-electron chi connectivity index (χ1n) is 7.04. The van der Waals surface area contributed by atoms with Gasteiger partial charge in [-0.05, 0) is 62.9 Å². The zero-order valence-corrected chi connectivity index (χ0v) is 14.6. The SMILES string of the molecule is COc1ccc(N=[N+]=[N-])c(-c2cc(Br)c(OC)c3ncccc23)c1. The Bertz CT molecular complexity index is 968. The van der Waals surface area contributed by atoms with Crippen molar-refractivity contribution in [1.29, 1.82) is 0 Å². The second-order valence-electron chi connectivity index (χ2n) is 4.91. The lowest BCUT2D eigenvalue weighted by molar-refractivity contribution is 0.415. The molecule has 1 heterocycles. The second kappa shape index (κ2) is 6.78. The molecule has 2 aromatic carbocycles. The van der Waals surface area contributed by atoms with Crippen LogP contribution in [0.4, 0.5) is 5.69 Å². The van der Waals surface area contributed by atoms with Gasteiger partial charge in [0.2, 0.25) is 0 Å². The van der Waals surface area contributed by atoms with Gasteiger partial charge in [0.15, 0.2) is 5.75 Å². The summed E-state index contributed by atoms with van der Waals surface area (Å²) in [4.78, 5) is 7.34. The highest BCUT2D eigenvalue weighted by Gasteiger charge is 2.16. The van der Waals surface area contributed by atoms with Crippen LogP contribution in [0.15, 0.2) is 52.2 Å². The van der Waals surface area contributed by atoms with E-state index in [0.717, 1.165) is 26.5 Å². The molecular weight excluding hydrogens is 372 g/mol. The fourth-order valence-electron chi connectivity index (χ4n) is 2.60. The van der Waals surface area contributed by atoms with Crippen molar-refractivity contribution in [1.82, 2.24) is 4.98 Å². The monoisotopic (exact) mass is 384 g/mol. The molecule has 0 saturated heterocycles. The lowest BCUT2D eigenvalue weighted by atomic mass is 9.98. The van der Waals surface area contributed by atoms with E-state index in [9.17, 15) is 0 Å². The molecule has 0 saturated carbocycles. The first-order chi connectivity index (χ1) is 11.7. The van der Waals surface area contributed by atoms with Crippen LogP contribution in [0.5, 0.6) is 11.5 Å². The average molecular weight is 385 g/mol. The zero-order chi connectivity index (χ0) is 17.1. The predicted octanol–water partition coefficient (Wildman–Crippen LogP) is 5.62. The molecule has 120 valence electrons. The number of azide groups is 1. The minimum Gasteiger partial charge on any atom is -0.497 e. The lowest BCUT2D eigenvalue weighted by Gasteiger charge is -2.14. The van der Waals surface area contributed by atoms with Crippen LogP contribution in [0, 0.1) is 0 Å². The quantitative estimate of drug-likeness (QED) is 0.332. The predicted molar refractivity (Wildman–Crippen MR) is 96.8 cm³/mol. The van der Waals surface area contributed by atoms with Crippen LogP contribution in [0.3, 0.4) is 0 Å². The molecule has 1 aromatic heterocycles. The number of hydrogen-bond donors (Lipinski definition) is 0. The molecule has 0 amide bonds. The minimum absolute atomic E-state index is 0.514. The number of aromatic nitrogens is 1. The summed E-state index contributed by atoms with van der Waals surface area (Å²) in [5.74, 6) is 1.33. The molecule has 7 heteroatoms. The number of halogens is 1. The van der Waals surface area contributed by atoms with Crippen LogP contribution < -0.4 is 9.47 Å². The van der Waals surface area contributed by atoms with Crippen molar-refractivity contribution in [3.63, 3.8) is 0 Å². The minimum atomic E-state index is 0.514. The van der Waals surface area contributed by atoms with Crippen LogP contribution in [0.2, 0.25) is 0 Å². The second-order valence-corrected chi connectivity index (χ2v) is 5.77. The Morgan fingerprint density at radius 1 is 1.12 bits per heavy atom.